The molecule has 0 aromatic heterocycles. The normalized spacial score (nSPS) is 19.6. The van der Waals surface area contributed by atoms with Crippen LogP contribution in [-0.2, 0) is 10.8 Å². The molecule has 0 aromatic carbocycles. The van der Waals surface area contributed by atoms with Crippen LogP contribution in [0.15, 0.2) is 0 Å². The highest BCUT2D eigenvalue weighted by atomic mass is 35.5. The molecular weight excluding hydrogens is 181 g/mol. The van der Waals surface area contributed by atoms with Crippen LogP contribution in [0.4, 0.5) is 0 Å². The largest absolute Gasteiger partial charge is 0.315 e. The van der Waals surface area contributed by atoms with Crippen molar-refractivity contribution in [3.8, 4) is 0 Å². The second kappa shape index (κ2) is 6.81. The van der Waals surface area contributed by atoms with E-state index in [1.807, 2.05) is 0 Å². The molecule has 0 spiro atoms. The fraction of sp³-hybridized carbons (Fsp3) is 1.00. The van der Waals surface area contributed by atoms with Crippen molar-refractivity contribution in [2.45, 2.75) is 0 Å². The Labute approximate surface area is 70.1 Å². The minimum absolute atomic E-state index is 0. The number of nitrogens with one attached hydrogen (secondary N) is 1. The fourth-order valence-corrected chi connectivity index (χ4v) is 1.55. The van der Waals surface area contributed by atoms with E-state index in [0.717, 1.165) is 24.6 Å². The summed E-state index contributed by atoms with van der Waals surface area (Å²) in [5, 5.41) is 3.12. The van der Waals surface area contributed by atoms with Crippen LogP contribution in [0.25, 0.3) is 0 Å². The molecule has 0 aromatic rings. The van der Waals surface area contributed by atoms with Crippen LogP contribution in [0.5, 0.6) is 0 Å². The van der Waals surface area contributed by atoms with Gasteiger partial charge in [0.1, 0.15) is 0 Å². The average Bonchev–Trinajstić information content (AvgIpc) is 1.69. The highest BCUT2D eigenvalue weighted by Crippen LogP contribution is 1.84. The molecule has 1 heterocycles. The lowest BCUT2D eigenvalue weighted by molar-refractivity contribution is 0.659. The molecule has 0 unspecified atom stereocenters. The van der Waals surface area contributed by atoms with Crippen LogP contribution >= 0.6 is 24.8 Å². The van der Waals surface area contributed by atoms with Crippen LogP contribution in [0.1, 0.15) is 0 Å². The average molecular weight is 192 g/mol. The minimum atomic E-state index is -0.503. The van der Waals surface area contributed by atoms with Gasteiger partial charge in [0, 0.05) is 35.4 Å². The van der Waals surface area contributed by atoms with E-state index in [-0.39, 0.29) is 24.8 Å². The smallest absolute Gasteiger partial charge is 0.0360 e. The molecule has 1 saturated heterocycles. The molecule has 0 atom stereocenters. The van der Waals surface area contributed by atoms with Gasteiger partial charge in [-0.1, -0.05) is 0 Å². The monoisotopic (exact) mass is 191 g/mol. The van der Waals surface area contributed by atoms with Crippen molar-refractivity contribution in [3.63, 3.8) is 0 Å². The predicted octanol–water partition coefficient (Wildman–Crippen LogP) is 0.182. The number of halogens is 2. The number of hydrogen-bond donors (Lipinski definition) is 1. The summed E-state index contributed by atoms with van der Waals surface area (Å²) >= 11 is 0. The zero-order chi connectivity index (χ0) is 5.11. The van der Waals surface area contributed by atoms with Crippen LogP contribution in [0.3, 0.4) is 0 Å². The molecule has 1 fully saturated rings. The second-order valence-corrected chi connectivity index (χ2v) is 3.29. The molecule has 0 radical (unpaired) electrons. The summed E-state index contributed by atoms with van der Waals surface area (Å²) in [5.74, 6) is 1.69. The SMILES string of the molecule is Cl.Cl.O=S1CCNCC1. The summed E-state index contributed by atoms with van der Waals surface area (Å²) in [5.41, 5.74) is 0. The molecule has 5 heteroatoms. The Morgan fingerprint density at radius 3 is 1.78 bits per heavy atom. The summed E-state index contributed by atoms with van der Waals surface area (Å²) in [6, 6.07) is 0. The predicted molar refractivity (Wildman–Crippen MR) is 45.2 cm³/mol. The third-order valence-electron chi connectivity index (χ3n) is 1.01. The molecule has 0 bridgehead atoms. The molecule has 1 aliphatic heterocycles. The Kier molecular flexibility index (Phi) is 9.36. The van der Waals surface area contributed by atoms with E-state index in [9.17, 15) is 4.21 Å². The van der Waals surface area contributed by atoms with Crippen LogP contribution in [0.2, 0.25) is 0 Å². The van der Waals surface area contributed by atoms with Gasteiger partial charge in [-0.2, -0.15) is 0 Å². The third kappa shape index (κ3) is 5.15. The quantitative estimate of drug-likeness (QED) is 0.593. The van der Waals surface area contributed by atoms with Crippen LogP contribution < -0.4 is 5.32 Å². The van der Waals surface area contributed by atoms with Gasteiger partial charge in [0.25, 0.3) is 0 Å². The van der Waals surface area contributed by atoms with Gasteiger partial charge >= 0.3 is 0 Å². The van der Waals surface area contributed by atoms with Crippen molar-refractivity contribution in [1.82, 2.24) is 5.32 Å². The summed E-state index contributed by atoms with van der Waals surface area (Å²) in [6.07, 6.45) is 0. The maximum Gasteiger partial charge on any atom is 0.0360 e. The Morgan fingerprint density at radius 2 is 1.56 bits per heavy atom. The summed E-state index contributed by atoms with van der Waals surface area (Å²) in [7, 11) is -0.503. The Bertz CT molecular complexity index is 82.6. The first-order valence-electron chi connectivity index (χ1n) is 2.45. The number of hydrogen-bond acceptors (Lipinski definition) is 2. The molecule has 9 heavy (non-hydrogen) atoms. The van der Waals surface area contributed by atoms with Gasteiger partial charge in [-0.25, -0.2) is 0 Å². The first kappa shape index (κ1) is 12.4. The van der Waals surface area contributed by atoms with Crippen molar-refractivity contribution in [1.29, 1.82) is 0 Å². The van der Waals surface area contributed by atoms with E-state index in [2.05, 4.69) is 5.32 Å². The standard InChI is InChI=1S/C4H9NOS.2ClH/c6-7-3-1-5-2-4-7;;/h5H,1-4H2;2*1H. The Morgan fingerprint density at radius 1 is 1.11 bits per heavy atom. The van der Waals surface area contributed by atoms with Crippen molar-refractivity contribution in [2.75, 3.05) is 24.6 Å². The van der Waals surface area contributed by atoms with Gasteiger partial charge in [-0.05, 0) is 0 Å². The molecule has 2 nitrogen and oxygen atoms in total. The first-order valence-corrected chi connectivity index (χ1v) is 3.94. The van der Waals surface area contributed by atoms with Gasteiger partial charge in [0.2, 0.25) is 0 Å². The van der Waals surface area contributed by atoms with Gasteiger partial charge < -0.3 is 5.32 Å². The zero-order valence-electron chi connectivity index (χ0n) is 4.96. The molecule has 1 rings (SSSR count). The molecule has 0 amide bonds. The second-order valence-electron chi connectivity index (χ2n) is 1.60. The van der Waals surface area contributed by atoms with Crippen LogP contribution in [0, 0.1) is 0 Å². The van der Waals surface area contributed by atoms with E-state index in [4.69, 9.17) is 0 Å². The molecule has 1 N–H and O–H groups in total. The third-order valence-corrected chi connectivity index (χ3v) is 2.33. The zero-order valence-corrected chi connectivity index (χ0v) is 7.41. The maximum absolute atomic E-state index is 10.5. The van der Waals surface area contributed by atoms with Gasteiger partial charge in [-0.15, -0.1) is 24.8 Å². The molecule has 58 valence electrons. The molecular formula is C4H11Cl2NOS. The molecule has 0 aliphatic carbocycles. The van der Waals surface area contributed by atoms with Crippen LogP contribution in [-0.4, -0.2) is 28.8 Å². The fourth-order valence-electron chi connectivity index (χ4n) is 0.599. The topological polar surface area (TPSA) is 29.1 Å². The Balaban J connectivity index is 0. The van der Waals surface area contributed by atoms with Gasteiger partial charge in [-0.3, -0.25) is 4.21 Å². The molecule has 0 saturated carbocycles. The van der Waals surface area contributed by atoms with E-state index in [1.54, 1.807) is 0 Å². The Hall–Kier alpha value is 0.690. The van der Waals surface area contributed by atoms with Gasteiger partial charge in [0.05, 0.1) is 0 Å². The van der Waals surface area contributed by atoms with Gasteiger partial charge in [0.15, 0.2) is 0 Å². The van der Waals surface area contributed by atoms with E-state index in [1.165, 1.54) is 0 Å². The number of rotatable bonds is 0. The molecule has 1 aliphatic rings. The minimum Gasteiger partial charge on any atom is -0.315 e. The van der Waals surface area contributed by atoms with Crippen molar-refractivity contribution in [2.24, 2.45) is 0 Å². The van der Waals surface area contributed by atoms with E-state index in [0.29, 0.717) is 0 Å². The lowest BCUT2D eigenvalue weighted by atomic mass is 10.6. The lowest BCUT2D eigenvalue weighted by Crippen LogP contribution is -2.32. The highest BCUT2D eigenvalue weighted by Gasteiger charge is 2.03. The van der Waals surface area contributed by atoms with Crippen molar-refractivity contribution >= 4 is 35.6 Å². The van der Waals surface area contributed by atoms with Crippen molar-refractivity contribution < 1.29 is 4.21 Å². The summed E-state index contributed by atoms with van der Waals surface area (Å²) in [6.45, 7) is 1.87. The van der Waals surface area contributed by atoms with E-state index >= 15 is 0 Å². The highest BCUT2D eigenvalue weighted by molar-refractivity contribution is 7.85. The van der Waals surface area contributed by atoms with Crippen molar-refractivity contribution in [3.05, 3.63) is 0 Å². The maximum atomic E-state index is 10.5. The summed E-state index contributed by atoms with van der Waals surface area (Å²) in [4.78, 5) is 0. The first-order chi connectivity index (χ1) is 3.39. The summed E-state index contributed by atoms with van der Waals surface area (Å²) < 4.78 is 10.5. The van der Waals surface area contributed by atoms with E-state index < -0.39 is 10.8 Å². The lowest BCUT2D eigenvalue weighted by Gasteiger charge is -2.09.